The molecule has 1 fully saturated rings. The van der Waals surface area contributed by atoms with Crippen LogP contribution >= 0.6 is 15.9 Å². The van der Waals surface area contributed by atoms with Gasteiger partial charge in [-0.1, -0.05) is 22.0 Å². The number of nitrogens with two attached hydrogens (primary N) is 1. The van der Waals surface area contributed by atoms with Crippen molar-refractivity contribution in [3.63, 3.8) is 0 Å². The number of halogens is 1. The van der Waals surface area contributed by atoms with Crippen LogP contribution in [-0.2, 0) is 24.7 Å². The molecule has 1 aliphatic heterocycles. The molecule has 8 heteroatoms. The molecule has 116 valence electrons. The van der Waals surface area contributed by atoms with Gasteiger partial charge in [0, 0.05) is 5.33 Å². The Morgan fingerprint density at radius 1 is 1.19 bits per heavy atom. The third-order valence-electron chi connectivity index (χ3n) is 4.10. The zero-order valence-electron chi connectivity index (χ0n) is 12.5. The Bertz CT molecular complexity index is 644. The quantitative estimate of drug-likeness (QED) is 0.641. The Hall–Kier alpha value is -0.405. The Kier molecular flexibility index (Phi) is 4.32. The highest BCUT2D eigenvalue weighted by molar-refractivity contribution is 9.08. The van der Waals surface area contributed by atoms with E-state index in [1.54, 1.807) is 6.07 Å². The highest BCUT2D eigenvalue weighted by atomic mass is 79.9. The van der Waals surface area contributed by atoms with E-state index in [9.17, 15) is 8.42 Å². The van der Waals surface area contributed by atoms with Crippen molar-refractivity contribution in [1.29, 1.82) is 0 Å². The number of primary sulfonamides is 1. The van der Waals surface area contributed by atoms with E-state index >= 15 is 0 Å². The summed E-state index contributed by atoms with van der Waals surface area (Å²) in [6.45, 7) is 7.79. The van der Waals surface area contributed by atoms with Crippen LogP contribution in [-0.4, -0.2) is 26.7 Å². The van der Waals surface area contributed by atoms with Crippen LogP contribution < -0.4 is 10.6 Å². The Morgan fingerprint density at radius 3 is 2.14 bits per heavy atom. The van der Waals surface area contributed by atoms with Crippen molar-refractivity contribution in [2.75, 3.05) is 0 Å². The fourth-order valence-corrected chi connectivity index (χ4v) is 3.12. The summed E-state index contributed by atoms with van der Waals surface area (Å²) in [4.78, 5) is 0.0527. The summed E-state index contributed by atoms with van der Waals surface area (Å²) in [6.07, 6.45) is 0. The number of rotatable bonds is 3. The summed E-state index contributed by atoms with van der Waals surface area (Å²) >= 11 is 3.40. The average Bonchev–Trinajstić information content (AvgIpc) is 2.56. The van der Waals surface area contributed by atoms with Crippen molar-refractivity contribution in [3.05, 3.63) is 23.8 Å². The highest BCUT2D eigenvalue weighted by Gasteiger charge is 2.52. The normalized spacial score (nSPS) is 20.8. The molecule has 1 saturated heterocycles. The van der Waals surface area contributed by atoms with E-state index in [1.807, 2.05) is 27.7 Å². The zero-order chi connectivity index (χ0) is 16.1. The molecule has 2 rings (SSSR count). The molecule has 0 saturated carbocycles. The first-order valence-corrected chi connectivity index (χ1v) is 9.22. The molecule has 1 heterocycles. The summed E-state index contributed by atoms with van der Waals surface area (Å²) in [6, 6.07) is 4.73. The largest absolute Gasteiger partial charge is 0.495 e. The first-order valence-electron chi connectivity index (χ1n) is 6.55. The molecule has 0 spiro atoms. The molecule has 0 aromatic heterocycles. The topological polar surface area (TPSA) is 78.6 Å². The van der Waals surface area contributed by atoms with Crippen LogP contribution in [0.1, 0.15) is 33.3 Å². The van der Waals surface area contributed by atoms with Crippen molar-refractivity contribution in [2.45, 2.75) is 49.1 Å². The molecule has 0 unspecified atom stereocenters. The lowest BCUT2D eigenvalue weighted by Gasteiger charge is -2.32. The Balaban J connectivity index is 2.49. The predicted octanol–water partition coefficient (Wildman–Crippen LogP) is 1.53. The van der Waals surface area contributed by atoms with Crippen LogP contribution in [0.4, 0.5) is 0 Å². The van der Waals surface area contributed by atoms with Crippen molar-refractivity contribution in [2.24, 2.45) is 5.14 Å². The lowest BCUT2D eigenvalue weighted by Crippen LogP contribution is -2.41. The van der Waals surface area contributed by atoms with Gasteiger partial charge in [-0.05, 0) is 50.9 Å². The van der Waals surface area contributed by atoms with E-state index in [0.717, 1.165) is 5.56 Å². The van der Waals surface area contributed by atoms with Crippen LogP contribution in [0.15, 0.2) is 23.1 Å². The fourth-order valence-electron chi connectivity index (χ4n) is 2.06. The first-order chi connectivity index (χ1) is 9.48. The maximum atomic E-state index is 11.5. The molecule has 5 nitrogen and oxygen atoms in total. The summed E-state index contributed by atoms with van der Waals surface area (Å²) < 4.78 is 35.0. The molecule has 1 aromatic carbocycles. The molecule has 0 amide bonds. The van der Waals surface area contributed by atoms with E-state index < -0.39 is 28.3 Å². The predicted molar refractivity (Wildman–Crippen MR) is 86.2 cm³/mol. The molecular formula is C13H19BBrNO4S. The minimum atomic E-state index is -3.76. The standard InChI is InChI=1S/C13H19BBrNO4S/c1-12(2)13(3,4)20-14(19-12)11-7-10(21(16,17)18)6-5-9(11)8-15/h5-7H,8H2,1-4H3,(H2,16,17,18). The number of hydrogen-bond acceptors (Lipinski definition) is 4. The summed E-state index contributed by atoms with van der Waals surface area (Å²) in [5, 5.41) is 5.77. The lowest BCUT2D eigenvalue weighted by atomic mass is 9.76. The van der Waals surface area contributed by atoms with Gasteiger partial charge in [0.2, 0.25) is 10.0 Å². The highest BCUT2D eigenvalue weighted by Crippen LogP contribution is 2.36. The molecule has 0 atom stereocenters. The van der Waals surface area contributed by atoms with Gasteiger partial charge in [0.1, 0.15) is 0 Å². The molecule has 0 aliphatic carbocycles. The zero-order valence-corrected chi connectivity index (χ0v) is 14.9. The van der Waals surface area contributed by atoms with E-state index in [2.05, 4.69) is 15.9 Å². The van der Waals surface area contributed by atoms with Gasteiger partial charge in [-0.2, -0.15) is 0 Å². The van der Waals surface area contributed by atoms with Gasteiger partial charge in [-0.25, -0.2) is 13.6 Å². The molecule has 21 heavy (non-hydrogen) atoms. The maximum Gasteiger partial charge on any atom is 0.495 e. The lowest BCUT2D eigenvalue weighted by molar-refractivity contribution is 0.00578. The number of hydrogen-bond donors (Lipinski definition) is 1. The van der Waals surface area contributed by atoms with E-state index in [4.69, 9.17) is 14.4 Å². The second kappa shape index (κ2) is 5.35. The van der Waals surface area contributed by atoms with Gasteiger partial charge < -0.3 is 9.31 Å². The third kappa shape index (κ3) is 3.19. The van der Waals surface area contributed by atoms with Gasteiger partial charge >= 0.3 is 7.12 Å². The van der Waals surface area contributed by atoms with Gasteiger partial charge in [0.05, 0.1) is 16.1 Å². The number of sulfonamides is 1. The minimum absolute atomic E-state index is 0.0527. The second-order valence-corrected chi connectivity index (χ2v) is 8.25. The molecule has 0 bridgehead atoms. The van der Waals surface area contributed by atoms with Gasteiger partial charge in [-0.3, -0.25) is 0 Å². The first kappa shape index (κ1) is 17.0. The monoisotopic (exact) mass is 375 g/mol. The molecule has 2 N–H and O–H groups in total. The van der Waals surface area contributed by atoms with Crippen LogP contribution in [0.25, 0.3) is 0 Å². The van der Waals surface area contributed by atoms with E-state index in [0.29, 0.717) is 10.8 Å². The van der Waals surface area contributed by atoms with E-state index in [-0.39, 0.29) is 4.90 Å². The van der Waals surface area contributed by atoms with Crippen LogP contribution in [0.2, 0.25) is 0 Å². The number of benzene rings is 1. The van der Waals surface area contributed by atoms with Crippen molar-refractivity contribution in [1.82, 2.24) is 0 Å². The molecule has 1 aromatic rings. The van der Waals surface area contributed by atoms with Crippen LogP contribution in [0.3, 0.4) is 0 Å². The molecule has 0 radical (unpaired) electrons. The SMILES string of the molecule is CC1(C)OB(c2cc(S(N)(=O)=O)ccc2CBr)OC1(C)C. The second-order valence-electron chi connectivity index (χ2n) is 6.13. The fraction of sp³-hybridized carbons (Fsp3) is 0.538. The summed E-state index contributed by atoms with van der Waals surface area (Å²) in [7, 11) is -4.38. The smallest absolute Gasteiger partial charge is 0.399 e. The molecular weight excluding hydrogens is 357 g/mol. The Morgan fingerprint density at radius 2 is 1.71 bits per heavy atom. The maximum absolute atomic E-state index is 11.5. The summed E-state index contributed by atoms with van der Waals surface area (Å²) in [5.74, 6) is 0. The van der Waals surface area contributed by atoms with Gasteiger partial charge in [0.15, 0.2) is 0 Å². The van der Waals surface area contributed by atoms with Gasteiger partial charge in [-0.15, -0.1) is 0 Å². The van der Waals surface area contributed by atoms with Crippen molar-refractivity contribution in [3.8, 4) is 0 Å². The third-order valence-corrected chi connectivity index (χ3v) is 5.61. The Labute approximate surface area is 134 Å². The molecule has 1 aliphatic rings. The van der Waals surface area contributed by atoms with Gasteiger partial charge in [0.25, 0.3) is 0 Å². The minimum Gasteiger partial charge on any atom is -0.399 e. The van der Waals surface area contributed by atoms with Crippen molar-refractivity contribution >= 4 is 38.5 Å². The average molecular weight is 376 g/mol. The summed E-state index contributed by atoms with van der Waals surface area (Å²) in [5.41, 5.74) is 0.607. The van der Waals surface area contributed by atoms with E-state index in [1.165, 1.54) is 12.1 Å². The van der Waals surface area contributed by atoms with Crippen molar-refractivity contribution < 1.29 is 17.7 Å². The van der Waals surface area contributed by atoms with Crippen LogP contribution in [0.5, 0.6) is 0 Å². The number of alkyl halides is 1. The van der Waals surface area contributed by atoms with Crippen LogP contribution in [0, 0.1) is 0 Å².